The van der Waals surface area contributed by atoms with Gasteiger partial charge >= 0.3 is 0 Å². The van der Waals surface area contributed by atoms with Gasteiger partial charge in [-0.3, -0.25) is 4.98 Å². The third kappa shape index (κ3) is 2.94. The van der Waals surface area contributed by atoms with Crippen LogP contribution in [0, 0.1) is 5.82 Å². The molecule has 0 fully saturated rings. The summed E-state index contributed by atoms with van der Waals surface area (Å²) in [6.07, 6.45) is 2.56. The predicted octanol–water partition coefficient (Wildman–Crippen LogP) is 3.61. The highest BCUT2D eigenvalue weighted by atomic mass is 19.1. The fourth-order valence-electron chi connectivity index (χ4n) is 2.34. The van der Waals surface area contributed by atoms with Crippen molar-refractivity contribution in [2.75, 3.05) is 17.6 Å². The lowest BCUT2D eigenvalue weighted by Crippen LogP contribution is -2.06. The Kier molecular flexibility index (Phi) is 3.69. The molecule has 0 bridgehead atoms. The molecule has 4 heteroatoms. The molecule has 3 nitrogen and oxygen atoms in total. The van der Waals surface area contributed by atoms with E-state index in [1.54, 1.807) is 18.3 Å². The van der Waals surface area contributed by atoms with E-state index in [1.165, 1.54) is 12.1 Å². The van der Waals surface area contributed by atoms with Gasteiger partial charge in [0.1, 0.15) is 5.82 Å². The minimum Gasteiger partial charge on any atom is -0.397 e. The Morgan fingerprint density at radius 1 is 1.05 bits per heavy atom. The van der Waals surface area contributed by atoms with Gasteiger partial charge in [0, 0.05) is 23.8 Å². The van der Waals surface area contributed by atoms with Crippen molar-refractivity contribution < 1.29 is 4.39 Å². The monoisotopic (exact) mass is 281 g/mol. The van der Waals surface area contributed by atoms with Crippen LogP contribution in [0.3, 0.4) is 0 Å². The molecular formula is C17H16FN3. The summed E-state index contributed by atoms with van der Waals surface area (Å²) >= 11 is 0. The van der Waals surface area contributed by atoms with E-state index in [0.29, 0.717) is 5.69 Å². The number of anilines is 2. The first kappa shape index (κ1) is 13.4. The van der Waals surface area contributed by atoms with E-state index < -0.39 is 0 Å². The van der Waals surface area contributed by atoms with E-state index in [0.717, 1.165) is 35.1 Å². The highest BCUT2D eigenvalue weighted by molar-refractivity contribution is 5.98. The van der Waals surface area contributed by atoms with Crippen molar-refractivity contribution in [3.63, 3.8) is 0 Å². The number of aromatic nitrogens is 1. The maximum Gasteiger partial charge on any atom is 0.123 e. The molecule has 3 aromatic rings. The summed E-state index contributed by atoms with van der Waals surface area (Å²) < 4.78 is 12.9. The number of hydrogen-bond donors (Lipinski definition) is 2. The smallest absolute Gasteiger partial charge is 0.123 e. The predicted molar refractivity (Wildman–Crippen MR) is 84.7 cm³/mol. The van der Waals surface area contributed by atoms with E-state index in [-0.39, 0.29) is 5.82 Å². The summed E-state index contributed by atoms with van der Waals surface area (Å²) in [6.45, 7) is 0.763. The van der Waals surface area contributed by atoms with Gasteiger partial charge < -0.3 is 11.1 Å². The van der Waals surface area contributed by atoms with Crippen LogP contribution >= 0.6 is 0 Å². The number of nitrogens with two attached hydrogens (primary N) is 1. The normalized spacial score (nSPS) is 10.7. The Labute approximate surface area is 122 Å². The van der Waals surface area contributed by atoms with Crippen LogP contribution in [-0.4, -0.2) is 11.5 Å². The lowest BCUT2D eigenvalue weighted by molar-refractivity contribution is 0.627. The summed E-state index contributed by atoms with van der Waals surface area (Å²) in [5.74, 6) is -0.206. The molecule has 0 aliphatic carbocycles. The first-order chi connectivity index (χ1) is 10.2. The largest absolute Gasteiger partial charge is 0.397 e. The molecule has 1 aromatic heterocycles. The van der Waals surface area contributed by atoms with E-state index in [2.05, 4.69) is 10.3 Å². The quantitative estimate of drug-likeness (QED) is 0.718. The van der Waals surface area contributed by atoms with Crippen LogP contribution in [0.2, 0.25) is 0 Å². The van der Waals surface area contributed by atoms with E-state index in [4.69, 9.17) is 5.73 Å². The summed E-state index contributed by atoms with van der Waals surface area (Å²) in [7, 11) is 0. The highest BCUT2D eigenvalue weighted by Gasteiger charge is 2.04. The zero-order valence-corrected chi connectivity index (χ0v) is 11.5. The minimum atomic E-state index is -0.206. The van der Waals surface area contributed by atoms with Crippen molar-refractivity contribution >= 4 is 22.3 Å². The Bertz CT molecular complexity index is 754. The summed E-state index contributed by atoms with van der Waals surface area (Å²) in [6, 6.07) is 14.3. The van der Waals surface area contributed by atoms with Crippen LogP contribution in [0.1, 0.15) is 5.56 Å². The molecule has 0 aliphatic rings. The number of nitrogens with zero attached hydrogens (tertiary/aromatic N) is 1. The molecule has 0 spiro atoms. The van der Waals surface area contributed by atoms with Gasteiger partial charge in [-0.05, 0) is 48.4 Å². The molecule has 0 amide bonds. The van der Waals surface area contributed by atoms with Crippen LogP contribution in [0.15, 0.2) is 54.7 Å². The van der Waals surface area contributed by atoms with Crippen LogP contribution in [0.5, 0.6) is 0 Å². The van der Waals surface area contributed by atoms with Crippen molar-refractivity contribution in [3.8, 4) is 0 Å². The van der Waals surface area contributed by atoms with Gasteiger partial charge in [-0.15, -0.1) is 0 Å². The number of fused-ring (bicyclic) bond motifs is 1. The number of nitrogen functional groups attached to an aromatic ring is 1. The SMILES string of the molecule is Nc1ccc(NCCc2ccc(F)cc2)c2cccnc12. The van der Waals surface area contributed by atoms with Crippen molar-refractivity contribution in [3.05, 3.63) is 66.1 Å². The van der Waals surface area contributed by atoms with E-state index >= 15 is 0 Å². The average Bonchev–Trinajstić information content (AvgIpc) is 2.52. The van der Waals surface area contributed by atoms with Gasteiger partial charge in [-0.25, -0.2) is 4.39 Å². The molecule has 0 unspecified atom stereocenters. The highest BCUT2D eigenvalue weighted by Crippen LogP contribution is 2.26. The van der Waals surface area contributed by atoms with E-state index in [9.17, 15) is 4.39 Å². The molecule has 0 saturated carbocycles. The summed E-state index contributed by atoms with van der Waals surface area (Å²) in [5.41, 5.74) is 9.53. The molecule has 2 aromatic carbocycles. The van der Waals surface area contributed by atoms with Gasteiger partial charge in [-0.2, -0.15) is 0 Å². The van der Waals surface area contributed by atoms with Crippen LogP contribution in [-0.2, 0) is 6.42 Å². The molecule has 0 aliphatic heterocycles. The first-order valence-electron chi connectivity index (χ1n) is 6.85. The maximum atomic E-state index is 12.9. The van der Waals surface area contributed by atoms with Crippen LogP contribution in [0.25, 0.3) is 10.9 Å². The van der Waals surface area contributed by atoms with Gasteiger partial charge in [-0.1, -0.05) is 12.1 Å². The zero-order chi connectivity index (χ0) is 14.7. The minimum absolute atomic E-state index is 0.206. The number of benzene rings is 2. The summed E-state index contributed by atoms with van der Waals surface area (Å²) in [4.78, 5) is 4.31. The van der Waals surface area contributed by atoms with Gasteiger partial charge in [0.2, 0.25) is 0 Å². The zero-order valence-electron chi connectivity index (χ0n) is 11.5. The van der Waals surface area contributed by atoms with Gasteiger partial charge in [0.05, 0.1) is 11.2 Å². The molecule has 1 heterocycles. The van der Waals surface area contributed by atoms with Gasteiger partial charge in [0.25, 0.3) is 0 Å². The standard InChI is InChI=1S/C17H16FN3/c18-13-5-3-12(4-6-13)9-11-20-16-8-7-15(19)17-14(16)2-1-10-21-17/h1-8,10,20H,9,11,19H2. The fourth-order valence-corrected chi connectivity index (χ4v) is 2.34. The van der Waals surface area contributed by atoms with Crippen molar-refractivity contribution in [1.29, 1.82) is 0 Å². The Morgan fingerprint density at radius 3 is 2.67 bits per heavy atom. The first-order valence-corrected chi connectivity index (χ1v) is 6.85. The number of rotatable bonds is 4. The third-order valence-corrected chi connectivity index (χ3v) is 3.44. The number of nitrogens with one attached hydrogen (secondary N) is 1. The topological polar surface area (TPSA) is 50.9 Å². The molecule has 0 saturated heterocycles. The van der Waals surface area contributed by atoms with Crippen molar-refractivity contribution in [2.24, 2.45) is 0 Å². The number of hydrogen-bond acceptors (Lipinski definition) is 3. The second-order valence-corrected chi connectivity index (χ2v) is 4.91. The molecule has 0 atom stereocenters. The van der Waals surface area contributed by atoms with E-state index in [1.807, 2.05) is 24.3 Å². The molecule has 3 N–H and O–H groups in total. The number of halogens is 1. The molecule has 3 rings (SSSR count). The third-order valence-electron chi connectivity index (χ3n) is 3.44. The molecule has 21 heavy (non-hydrogen) atoms. The second-order valence-electron chi connectivity index (χ2n) is 4.91. The average molecular weight is 281 g/mol. The van der Waals surface area contributed by atoms with Crippen LogP contribution in [0.4, 0.5) is 15.8 Å². The van der Waals surface area contributed by atoms with Gasteiger partial charge in [0.15, 0.2) is 0 Å². The molecular weight excluding hydrogens is 265 g/mol. The fraction of sp³-hybridized carbons (Fsp3) is 0.118. The van der Waals surface area contributed by atoms with Crippen molar-refractivity contribution in [1.82, 2.24) is 4.98 Å². The van der Waals surface area contributed by atoms with Crippen LogP contribution < -0.4 is 11.1 Å². The molecule has 0 radical (unpaired) electrons. The lowest BCUT2D eigenvalue weighted by atomic mass is 10.1. The Hall–Kier alpha value is -2.62. The van der Waals surface area contributed by atoms with Crippen molar-refractivity contribution in [2.45, 2.75) is 6.42 Å². The second kappa shape index (κ2) is 5.79. The Balaban J connectivity index is 1.74. The Morgan fingerprint density at radius 2 is 1.86 bits per heavy atom. The lowest BCUT2D eigenvalue weighted by Gasteiger charge is -2.10. The maximum absolute atomic E-state index is 12.9. The molecule has 106 valence electrons. The number of pyridine rings is 1. The summed E-state index contributed by atoms with van der Waals surface area (Å²) in [5, 5.41) is 4.40.